The van der Waals surface area contributed by atoms with Crippen LogP contribution in [0.1, 0.15) is 13.8 Å². The van der Waals surface area contributed by atoms with Crippen molar-refractivity contribution >= 4 is 27.6 Å². The third kappa shape index (κ3) is 2.86. The Morgan fingerprint density at radius 1 is 1.53 bits per heavy atom. The van der Waals surface area contributed by atoms with Crippen molar-refractivity contribution in [2.45, 2.75) is 30.0 Å². The molecule has 3 N–H and O–H groups in total. The quantitative estimate of drug-likeness (QED) is 0.636. The van der Waals surface area contributed by atoms with E-state index in [9.17, 15) is 8.42 Å². The molecular weight excluding hydrogens is 284 g/mol. The minimum absolute atomic E-state index is 0.0220. The number of nitrogens with one attached hydrogen (secondary N) is 1. The molecule has 1 fully saturated rings. The van der Waals surface area contributed by atoms with Gasteiger partial charge in [-0.15, -0.1) is 0 Å². The summed E-state index contributed by atoms with van der Waals surface area (Å²) in [6.07, 6.45) is 1.44. The molecule has 2 atom stereocenters. The van der Waals surface area contributed by atoms with Gasteiger partial charge in [0.15, 0.2) is 0 Å². The molecule has 6 nitrogen and oxygen atoms in total. The third-order valence-electron chi connectivity index (χ3n) is 3.31. The van der Waals surface area contributed by atoms with E-state index < -0.39 is 10.0 Å². The number of aromatic nitrogens is 1. The molecule has 1 aromatic rings. The van der Waals surface area contributed by atoms with E-state index >= 15 is 0 Å². The van der Waals surface area contributed by atoms with E-state index in [-0.39, 0.29) is 16.2 Å². The SMILES string of the molecule is CC1SCCN(S(=O)(=O)c2ccnc(NN)c2)C1C. The number of hydrogen-bond donors (Lipinski definition) is 2. The van der Waals surface area contributed by atoms with Gasteiger partial charge in [0.25, 0.3) is 0 Å². The predicted molar refractivity (Wildman–Crippen MR) is 77.3 cm³/mol. The first kappa shape index (κ1) is 14.6. The summed E-state index contributed by atoms with van der Waals surface area (Å²) in [5, 5.41) is 0.289. The van der Waals surface area contributed by atoms with Gasteiger partial charge >= 0.3 is 0 Å². The maximum atomic E-state index is 12.6. The Morgan fingerprint density at radius 3 is 2.95 bits per heavy atom. The number of nitrogens with two attached hydrogens (primary N) is 1. The molecule has 0 aromatic carbocycles. The van der Waals surface area contributed by atoms with Gasteiger partial charge in [-0.1, -0.05) is 6.92 Å². The second-order valence-corrected chi connectivity index (χ2v) is 7.83. The molecule has 0 radical (unpaired) electrons. The number of rotatable bonds is 3. The zero-order valence-electron chi connectivity index (χ0n) is 10.9. The molecule has 2 unspecified atom stereocenters. The first-order chi connectivity index (χ1) is 8.96. The van der Waals surface area contributed by atoms with Gasteiger partial charge in [-0.25, -0.2) is 19.2 Å². The molecule has 0 saturated carbocycles. The third-order valence-corrected chi connectivity index (χ3v) is 6.63. The monoisotopic (exact) mass is 302 g/mol. The second-order valence-electron chi connectivity index (χ2n) is 4.45. The maximum absolute atomic E-state index is 12.6. The molecule has 0 bridgehead atoms. The van der Waals surface area contributed by atoms with Crippen LogP contribution in [0.3, 0.4) is 0 Å². The van der Waals surface area contributed by atoms with Gasteiger partial charge in [0.05, 0.1) is 4.90 Å². The average Bonchev–Trinajstić information content (AvgIpc) is 2.41. The van der Waals surface area contributed by atoms with Gasteiger partial charge < -0.3 is 5.43 Å². The van der Waals surface area contributed by atoms with Crippen LogP contribution < -0.4 is 11.3 Å². The normalized spacial score (nSPS) is 25.2. The maximum Gasteiger partial charge on any atom is 0.243 e. The van der Waals surface area contributed by atoms with Crippen molar-refractivity contribution in [3.05, 3.63) is 18.3 Å². The van der Waals surface area contributed by atoms with Gasteiger partial charge in [-0.2, -0.15) is 16.1 Å². The number of nitrogen functional groups attached to an aromatic ring is 1. The fraction of sp³-hybridized carbons (Fsp3) is 0.545. The summed E-state index contributed by atoms with van der Waals surface area (Å²) in [6.45, 7) is 4.53. The lowest BCUT2D eigenvalue weighted by Gasteiger charge is -2.36. The van der Waals surface area contributed by atoms with Crippen LogP contribution in [0.25, 0.3) is 0 Å². The van der Waals surface area contributed by atoms with E-state index in [2.05, 4.69) is 17.3 Å². The lowest BCUT2D eigenvalue weighted by molar-refractivity contribution is 0.340. The van der Waals surface area contributed by atoms with Crippen LogP contribution in [0.15, 0.2) is 23.2 Å². The van der Waals surface area contributed by atoms with E-state index in [0.29, 0.717) is 12.4 Å². The Balaban J connectivity index is 2.35. The van der Waals surface area contributed by atoms with Crippen LogP contribution in [-0.2, 0) is 10.0 Å². The minimum Gasteiger partial charge on any atom is -0.308 e. The lowest BCUT2D eigenvalue weighted by Crippen LogP contribution is -2.47. The number of hydrogen-bond acceptors (Lipinski definition) is 6. The standard InChI is InChI=1S/C11H18N4O2S2/c1-8-9(2)18-6-5-15(8)19(16,17)10-3-4-13-11(7-10)14-12/h3-4,7-9H,5-6,12H2,1-2H3,(H,13,14). The molecular formula is C11H18N4O2S2. The van der Waals surface area contributed by atoms with Crippen LogP contribution in [0.4, 0.5) is 5.82 Å². The molecule has 0 aliphatic carbocycles. The Hall–Kier alpha value is -0.830. The van der Waals surface area contributed by atoms with Crippen molar-refractivity contribution in [3.63, 3.8) is 0 Å². The van der Waals surface area contributed by atoms with Gasteiger partial charge in [0.1, 0.15) is 5.82 Å². The summed E-state index contributed by atoms with van der Waals surface area (Å²) in [5.74, 6) is 6.42. The average molecular weight is 302 g/mol. The van der Waals surface area contributed by atoms with Gasteiger partial charge in [0.2, 0.25) is 10.0 Å². The molecule has 0 spiro atoms. The summed E-state index contributed by atoms with van der Waals surface area (Å²) in [4.78, 5) is 4.15. The van der Waals surface area contributed by atoms with Crippen molar-refractivity contribution in [2.24, 2.45) is 5.84 Å². The van der Waals surface area contributed by atoms with Gasteiger partial charge in [0, 0.05) is 35.9 Å². The number of nitrogens with zero attached hydrogens (tertiary/aromatic N) is 2. The highest BCUT2D eigenvalue weighted by atomic mass is 32.2. The van der Waals surface area contributed by atoms with Crippen molar-refractivity contribution in [2.75, 3.05) is 17.7 Å². The molecule has 1 aliphatic rings. The van der Waals surface area contributed by atoms with Crippen molar-refractivity contribution in [1.82, 2.24) is 9.29 Å². The Bertz CT molecular complexity index is 549. The highest BCUT2D eigenvalue weighted by molar-refractivity contribution is 8.00. The first-order valence-corrected chi connectivity index (χ1v) is 8.52. The molecule has 2 rings (SSSR count). The largest absolute Gasteiger partial charge is 0.308 e. The van der Waals surface area contributed by atoms with Crippen LogP contribution in [0, 0.1) is 0 Å². The highest BCUT2D eigenvalue weighted by Crippen LogP contribution is 2.29. The summed E-state index contributed by atoms with van der Waals surface area (Å²) in [6, 6.07) is 2.93. The Kier molecular flexibility index (Phi) is 4.34. The zero-order valence-corrected chi connectivity index (χ0v) is 12.5. The summed E-state index contributed by atoms with van der Waals surface area (Å²) in [7, 11) is -3.49. The molecule has 0 amide bonds. The van der Waals surface area contributed by atoms with Gasteiger partial charge in [-0.05, 0) is 13.0 Å². The molecule has 8 heteroatoms. The van der Waals surface area contributed by atoms with Crippen LogP contribution in [0.2, 0.25) is 0 Å². The Labute approximate surface area is 117 Å². The molecule has 1 aromatic heterocycles. The number of pyridine rings is 1. The number of sulfonamides is 1. The van der Waals surface area contributed by atoms with E-state index in [1.807, 2.05) is 6.92 Å². The number of anilines is 1. The fourth-order valence-electron chi connectivity index (χ4n) is 2.03. The predicted octanol–water partition coefficient (Wildman–Crippen LogP) is 0.882. The van der Waals surface area contributed by atoms with Crippen molar-refractivity contribution in [1.29, 1.82) is 0 Å². The topological polar surface area (TPSA) is 88.3 Å². The second kappa shape index (κ2) is 5.66. The first-order valence-electron chi connectivity index (χ1n) is 6.03. The summed E-state index contributed by atoms with van der Waals surface area (Å²) >= 11 is 1.80. The number of hydrazine groups is 1. The zero-order chi connectivity index (χ0) is 14.0. The van der Waals surface area contributed by atoms with Crippen LogP contribution in [-0.4, -0.2) is 41.3 Å². The van der Waals surface area contributed by atoms with Gasteiger partial charge in [-0.3, -0.25) is 0 Å². The summed E-state index contributed by atoms with van der Waals surface area (Å²) < 4.78 is 26.8. The minimum atomic E-state index is -3.49. The molecule has 1 saturated heterocycles. The molecule has 106 valence electrons. The Morgan fingerprint density at radius 2 is 2.26 bits per heavy atom. The van der Waals surface area contributed by atoms with Crippen LogP contribution >= 0.6 is 11.8 Å². The van der Waals surface area contributed by atoms with Crippen molar-refractivity contribution < 1.29 is 8.42 Å². The molecule has 19 heavy (non-hydrogen) atoms. The van der Waals surface area contributed by atoms with E-state index in [1.54, 1.807) is 16.1 Å². The van der Waals surface area contributed by atoms with E-state index in [4.69, 9.17) is 5.84 Å². The lowest BCUT2D eigenvalue weighted by atomic mass is 10.2. The van der Waals surface area contributed by atoms with Crippen molar-refractivity contribution in [3.8, 4) is 0 Å². The van der Waals surface area contributed by atoms with E-state index in [0.717, 1.165) is 5.75 Å². The molecule has 2 heterocycles. The van der Waals surface area contributed by atoms with E-state index in [1.165, 1.54) is 18.3 Å². The molecule has 1 aliphatic heterocycles. The smallest absolute Gasteiger partial charge is 0.243 e. The summed E-state index contributed by atoms with van der Waals surface area (Å²) in [5.41, 5.74) is 2.36. The fourth-order valence-corrected chi connectivity index (χ4v) is 5.04. The highest BCUT2D eigenvalue weighted by Gasteiger charge is 2.35. The number of thioether (sulfide) groups is 1. The van der Waals surface area contributed by atoms with Crippen LogP contribution in [0.5, 0.6) is 0 Å².